The SMILES string of the molecule is CCc1cc(C(C)(c2ccc(O)c(CC(=O)c3cc(C(C)=O)cc(C(C)(O)C(F)(F)F)c3)c2)C(F)(F)F)ccc1O. The summed E-state index contributed by atoms with van der Waals surface area (Å²) in [5.41, 5.74) is -8.02. The van der Waals surface area contributed by atoms with E-state index in [1.807, 2.05) is 0 Å². The highest BCUT2D eigenvalue weighted by Crippen LogP contribution is 2.48. The van der Waals surface area contributed by atoms with Gasteiger partial charge in [0.1, 0.15) is 16.9 Å². The van der Waals surface area contributed by atoms with Gasteiger partial charge in [-0.25, -0.2) is 0 Å². The fourth-order valence-electron chi connectivity index (χ4n) is 4.42. The van der Waals surface area contributed by atoms with Crippen LogP contribution in [0.25, 0.3) is 0 Å². The van der Waals surface area contributed by atoms with Crippen molar-refractivity contribution in [2.24, 2.45) is 0 Å². The van der Waals surface area contributed by atoms with Crippen LogP contribution in [0.2, 0.25) is 0 Å². The van der Waals surface area contributed by atoms with E-state index in [1.165, 1.54) is 6.07 Å². The lowest BCUT2D eigenvalue weighted by molar-refractivity contribution is -0.258. The van der Waals surface area contributed by atoms with Gasteiger partial charge in [0.15, 0.2) is 17.2 Å². The second-order valence-corrected chi connectivity index (χ2v) is 10.2. The van der Waals surface area contributed by atoms with Crippen molar-refractivity contribution >= 4 is 11.6 Å². The molecule has 3 aromatic carbocycles. The lowest BCUT2D eigenvalue weighted by atomic mass is 9.74. The highest BCUT2D eigenvalue weighted by atomic mass is 19.4. The molecular weight excluding hydrogens is 554 g/mol. The Hall–Kier alpha value is -3.86. The third-order valence-corrected chi connectivity index (χ3v) is 7.39. The quantitative estimate of drug-likeness (QED) is 0.198. The second kappa shape index (κ2) is 10.8. The van der Waals surface area contributed by atoms with E-state index in [2.05, 4.69) is 0 Å². The zero-order valence-corrected chi connectivity index (χ0v) is 22.5. The Bertz CT molecular complexity index is 1490. The van der Waals surface area contributed by atoms with Crippen LogP contribution in [-0.4, -0.2) is 39.2 Å². The number of phenols is 2. The summed E-state index contributed by atoms with van der Waals surface area (Å²) in [5, 5.41) is 30.5. The van der Waals surface area contributed by atoms with Gasteiger partial charge < -0.3 is 15.3 Å². The van der Waals surface area contributed by atoms with Gasteiger partial charge in [0.05, 0.1) is 0 Å². The molecule has 5 nitrogen and oxygen atoms in total. The highest BCUT2D eigenvalue weighted by molar-refractivity contribution is 6.02. The van der Waals surface area contributed by atoms with Crippen LogP contribution in [0.1, 0.15) is 76.2 Å². The molecule has 0 heterocycles. The molecule has 0 saturated heterocycles. The molecule has 0 fully saturated rings. The number of phenolic OH excluding ortho intramolecular Hbond substituents is 2. The van der Waals surface area contributed by atoms with E-state index in [4.69, 9.17) is 0 Å². The van der Waals surface area contributed by atoms with Crippen molar-refractivity contribution in [3.63, 3.8) is 0 Å². The summed E-state index contributed by atoms with van der Waals surface area (Å²) in [6, 6.07) is 9.10. The Kier molecular flexibility index (Phi) is 8.38. The molecule has 2 atom stereocenters. The molecule has 3 rings (SSSR count). The molecule has 220 valence electrons. The third kappa shape index (κ3) is 5.95. The van der Waals surface area contributed by atoms with Crippen LogP contribution in [0.3, 0.4) is 0 Å². The number of benzene rings is 3. The van der Waals surface area contributed by atoms with Crippen molar-refractivity contribution in [2.75, 3.05) is 0 Å². The van der Waals surface area contributed by atoms with Crippen LogP contribution >= 0.6 is 0 Å². The average Bonchev–Trinajstić information content (AvgIpc) is 2.88. The summed E-state index contributed by atoms with van der Waals surface area (Å²) in [4.78, 5) is 25.2. The number of ketones is 2. The molecule has 41 heavy (non-hydrogen) atoms. The van der Waals surface area contributed by atoms with Crippen LogP contribution in [0, 0.1) is 0 Å². The van der Waals surface area contributed by atoms with Crippen molar-refractivity contribution in [1.29, 1.82) is 0 Å². The molecule has 3 aromatic rings. The Morgan fingerprint density at radius 2 is 1.20 bits per heavy atom. The van der Waals surface area contributed by atoms with Crippen LogP contribution in [-0.2, 0) is 23.9 Å². The van der Waals surface area contributed by atoms with Crippen molar-refractivity contribution in [3.05, 3.63) is 93.5 Å². The van der Waals surface area contributed by atoms with Gasteiger partial charge in [0.2, 0.25) is 0 Å². The number of aryl methyl sites for hydroxylation is 1. The summed E-state index contributed by atoms with van der Waals surface area (Å²) >= 11 is 0. The minimum absolute atomic E-state index is 0.172. The monoisotopic (exact) mass is 582 g/mol. The maximum atomic E-state index is 14.6. The topological polar surface area (TPSA) is 94.8 Å². The summed E-state index contributed by atoms with van der Waals surface area (Å²) in [6.45, 7) is 4.09. The summed E-state index contributed by atoms with van der Waals surface area (Å²) < 4.78 is 84.3. The van der Waals surface area contributed by atoms with Gasteiger partial charge in [0.25, 0.3) is 0 Å². The zero-order chi connectivity index (χ0) is 31.1. The van der Waals surface area contributed by atoms with Crippen molar-refractivity contribution < 1.29 is 51.3 Å². The second-order valence-electron chi connectivity index (χ2n) is 10.2. The van der Waals surface area contributed by atoms with Crippen LogP contribution in [0.15, 0.2) is 54.6 Å². The number of carbonyl (C=O) groups excluding carboxylic acids is 2. The number of carbonyl (C=O) groups is 2. The molecule has 0 aliphatic heterocycles. The van der Waals surface area contributed by atoms with E-state index in [0.29, 0.717) is 6.92 Å². The molecule has 0 aliphatic carbocycles. The van der Waals surface area contributed by atoms with E-state index < -0.39 is 58.2 Å². The lowest BCUT2D eigenvalue weighted by Gasteiger charge is -2.34. The third-order valence-electron chi connectivity index (χ3n) is 7.39. The van der Waals surface area contributed by atoms with Gasteiger partial charge >= 0.3 is 12.4 Å². The van der Waals surface area contributed by atoms with Gasteiger partial charge in [-0.2, -0.15) is 26.3 Å². The first-order chi connectivity index (χ1) is 18.7. The number of rotatable bonds is 8. The van der Waals surface area contributed by atoms with Crippen LogP contribution in [0.5, 0.6) is 11.5 Å². The number of hydrogen-bond acceptors (Lipinski definition) is 5. The van der Waals surface area contributed by atoms with Gasteiger partial charge in [-0.15, -0.1) is 0 Å². The molecule has 0 aromatic heterocycles. The van der Waals surface area contributed by atoms with Gasteiger partial charge in [-0.05, 0) is 79.8 Å². The van der Waals surface area contributed by atoms with Crippen LogP contribution in [0.4, 0.5) is 26.3 Å². The van der Waals surface area contributed by atoms with Crippen molar-refractivity contribution in [2.45, 2.75) is 63.9 Å². The maximum absolute atomic E-state index is 14.6. The van der Waals surface area contributed by atoms with E-state index >= 15 is 0 Å². The molecule has 0 spiro atoms. The number of alkyl halides is 6. The first kappa shape index (κ1) is 31.7. The fraction of sp³-hybridized carbons (Fsp3) is 0.333. The first-order valence-corrected chi connectivity index (χ1v) is 12.4. The molecule has 11 heteroatoms. The number of aromatic hydroxyl groups is 2. The van der Waals surface area contributed by atoms with E-state index in [0.717, 1.165) is 62.4 Å². The summed E-state index contributed by atoms with van der Waals surface area (Å²) in [6.07, 6.45) is -10.5. The fourth-order valence-corrected chi connectivity index (χ4v) is 4.42. The molecule has 0 bridgehead atoms. The van der Waals surface area contributed by atoms with Gasteiger partial charge in [-0.3, -0.25) is 9.59 Å². The Labute approximate surface area is 232 Å². The zero-order valence-electron chi connectivity index (χ0n) is 22.5. The molecule has 0 aliphatic rings. The molecule has 0 amide bonds. The highest BCUT2D eigenvalue weighted by Gasteiger charge is 2.54. The van der Waals surface area contributed by atoms with Crippen LogP contribution < -0.4 is 0 Å². The normalized spacial score (nSPS) is 15.2. The molecule has 0 radical (unpaired) electrons. The smallest absolute Gasteiger partial charge is 0.421 e. The average molecular weight is 583 g/mol. The standard InChI is InChI=1S/C30H28F6O5/c1-5-17-11-21(6-8-24(17)38)27(3,29(31,32)33)22-7-9-25(39)20(13-22)15-26(40)19-10-18(16(2)37)12-23(14-19)28(4,41)30(34,35)36/h6-14,38-39,41H,5,15H2,1-4H3. The first-order valence-electron chi connectivity index (χ1n) is 12.4. The molecule has 2 unspecified atom stereocenters. The largest absolute Gasteiger partial charge is 0.508 e. The Morgan fingerprint density at radius 1 is 0.707 bits per heavy atom. The molecule has 3 N–H and O–H groups in total. The predicted octanol–water partition coefficient (Wildman–Crippen LogP) is 6.93. The number of Topliss-reactive ketones (excluding diaryl/α,β-unsaturated/α-hetero) is 2. The minimum Gasteiger partial charge on any atom is -0.508 e. The van der Waals surface area contributed by atoms with Crippen molar-refractivity contribution in [3.8, 4) is 11.5 Å². The van der Waals surface area contributed by atoms with E-state index in [1.54, 1.807) is 6.92 Å². The summed E-state index contributed by atoms with van der Waals surface area (Å²) in [7, 11) is 0. The number of hydrogen-bond donors (Lipinski definition) is 3. The van der Waals surface area contributed by atoms with Gasteiger partial charge in [-0.1, -0.05) is 31.2 Å². The molecule has 0 saturated carbocycles. The van der Waals surface area contributed by atoms with Crippen molar-refractivity contribution in [1.82, 2.24) is 0 Å². The van der Waals surface area contributed by atoms with E-state index in [9.17, 15) is 51.3 Å². The van der Waals surface area contributed by atoms with E-state index in [-0.39, 0.29) is 40.0 Å². The lowest BCUT2D eigenvalue weighted by Crippen LogP contribution is -2.40. The Morgan fingerprint density at radius 3 is 1.66 bits per heavy atom. The van der Waals surface area contributed by atoms with Gasteiger partial charge in [0, 0.05) is 23.1 Å². The summed E-state index contributed by atoms with van der Waals surface area (Å²) in [5.74, 6) is -2.30. The predicted molar refractivity (Wildman–Crippen MR) is 138 cm³/mol. The Balaban J connectivity index is 2.12. The number of halogens is 6. The minimum atomic E-state index is -5.15. The molecular formula is C30H28F6O5. The number of aliphatic hydroxyl groups is 1. The maximum Gasteiger partial charge on any atom is 0.421 e.